The van der Waals surface area contributed by atoms with E-state index in [1.165, 1.54) is 29.5 Å². The SMILES string of the molecule is Cc1ccc(S(=O)(=O)N2CC(C(=O)Nc3nnc(SCC(C)C)s3)Oc3ccc(Cl)cc32)cc1. The van der Waals surface area contributed by atoms with Crippen molar-refractivity contribution in [2.24, 2.45) is 5.92 Å². The van der Waals surface area contributed by atoms with Crippen LogP contribution in [0.25, 0.3) is 0 Å². The number of sulfonamides is 1. The summed E-state index contributed by atoms with van der Waals surface area (Å²) in [7, 11) is -3.97. The van der Waals surface area contributed by atoms with Crippen molar-refractivity contribution in [3.63, 3.8) is 0 Å². The average molecular weight is 539 g/mol. The van der Waals surface area contributed by atoms with Gasteiger partial charge in [0.25, 0.3) is 15.9 Å². The summed E-state index contributed by atoms with van der Waals surface area (Å²) < 4.78 is 34.8. The number of nitrogens with one attached hydrogen (secondary N) is 1. The molecule has 0 saturated carbocycles. The third-order valence-electron chi connectivity index (χ3n) is 4.87. The monoisotopic (exact) mass is 538 g/mol. The first-order chi connectivity index (χ1) is 16.1. The number of rotatable bonds is 7. The molecule has 0 saturated heterocycles. The molecule has 12 heteroatoms. The second-order valence-electron chi connectivity index (χ2n) is 8.13. The number of aromatic nitrogens is 2. The lowest BCUT2D eigenvalue weighted by Crippen LogP contribution is -2.48. The van der Waals surface area contributed by atoms with Gasteiger partial charge < -0.3 is 4.74 Å². The van der Waals surface area contributed by atoms with E-state index >= 15 is 0 Å². The Morgan fingerprint density at radius 3 is 2.71 bits per heavy atom. The Morgan fingerprint density at radius 1 is 1.26 bits per heavy atom. The van der Waals surface area contributed by atoms with Gasteiger partial charge in [0.2, 0.25) is 5.13 Å². The van der Waals surface area contributed by atoms with Gasteiger partial charge in [-0.05, 0) is 43.2 Å². The molecule has 1 N–H and O–H groups in total. The molecule has 180 valence electrons. The van der Waals surface area contributed by atoms with Crippen molar-refractivity contribution in [3.05, 3.63) is 53.1 Å². The van der Waals surface area contributed by atoms with Crippen LogP contribution in [0.15, 0.2) is 51.7 Å². The first-order valence-electron chi connectivity index (χ1n) is 10.5. The fourth-order valence-corrected chi connectivity index (χ4v) is 6.53. The summed E-state index contributed by atoms with van der Waals surface area (Å²) in [6.07, 6.45) is -1.09. The van der Waals surface area contributed by atoms with Gasteiger partial charge in [0.05, 0.1) is 17.1 Å². The summed E-state index contributed by atoms with van der Waals surface area (Å²) in [6, 6.07) is 11.2. The zero-order valence-electron chi connectivity index (χ0n) is 18.7. The molecule has 0 spiro atoms. The lowest BCUT2D eigenvalue weighted by molar-refractivity contribution is -0.122. The van der Waals surface area contributed by atoms with E-state index in [-0.39, 0.29) is 22.9 Å². The van der Waals surface area contributed by atoms with Crippen LogP contribution in [0.4, 0.5) is 10.8 Å². The molecule has 1 aliphatic heterocycles. The van der Waals surface area contributed by atoms with Crippen LogP contribution in [-0.2, 0) is 14.8 Å². The molecule has 1 atom stereocenters. The van der Waals surface area contributed by atoms with Gasteiger partial charge in [-0.1, -0.05) is 66.2 Å². The Kier molecular flexibility index (Phi) is 7.36. The first kappa shape index (κ1) is 24.8. The van der Waals surface area contributed by atoms with Crippen LogP contribution < -0.4 is 14.4 Å². The lowest BCUT2D eigenvalue weighted by Gasteiger charge is -2.34. The van der Waals surface area contributed by atoms with Crippen LogP contribution in [0.1, 0.15) is 19.4 Å². The Balaban J connectivity index is 1.59. The van der Waals surface area contributed by atoms with Gasteiger partial charge in [-0.15, -0.1) is 10.2 Å². The van der Waals surface area contributed by atoms with Crippen LogP contribution in [0, 0.1) is 12.8 Å². The highest BCUT2D eigenvalue weighted by Gasteiger charge is 2.38. The van der Waals surface area contributed by atoms with Crippen molar-refractivity contribution in [1.29, 1.82) is 0 Å². The molecule has 1 aliphatic rings. The maximum atomic E-state index is 13.5. The maximum Gasteiger partial charge on any atom is 0.269 e. The number of carbonyl (C=O) groups is 1. The lowest BCUT2D eigenvalue weighted by atomic mass is 10.2. The van der Waals surface area contributed by atoms with Crippen molar-refractivity contribution in [3.8, 4) is 5.75 Å². The minimum atomic E-state index is -3.97. The molecule has 34 heavy (non-hydrogen) atoms. The predicted octanol–water partition coefficient (Wildman–Crippen LogP) is 4.84. The zero-order chi connectivity index (χ0) is 24.5. The number of aryl methyl sites for hydroxylation is 1. The highest BCUT2D eigenvalue weighted by Crippen LogP contribution is 2.39. The van der Waals surface area contributed by atoms with Gasteiger partial charge in [0, 0.05) is 10.8 Å². The van der Waals surface area contributed by atoms with Gasteiger partial charge >= 0.3 is 0 Å². The van der Waals surface area contributed by atoms with E-state index in [9.17, 15) is 13.2 Å². The van der Waals surface area contributed by atoms with Crippen molar-refractivity contribution in [2.75, 3.05) is 21.9 Å². The number of hydrogen-bond acceptors (Lipinski definition) is 8. The molecule has 8 nitrogen and oxygen atoms in total. The molecule has 0 radical (unpaired) electrons. The molecule has 1 aromatic heterocycles. The Labute approximate surface area is 211 Å². The summed E-state index contributed by atoms with van der Waals surface area (Å²) in [4.78, 5) is 13.1. The van der Waals surface area contributed by atoms with Crippen molar-refractivity contribution >= 4 is 61.4 Å². The van der Waals surface area contributed by atoms with E-state index in [1.54, 1.807) is 36.0 Å². The van der Waals surface area contributed by atoms with Crippen LogP contribution in [-0.4, -0.2) is 42.9 Å². The molecule has 4 rings (SSSR count). The number of fused-ring (bicyclic) bond motifs is 1. The van der Waals surface area contributed by atoms with Gasteiger partial charge in [-0.2, -0.15) is 0 Å². The second kappa shape index (κ2) is 10.1. The topological polar surface area (TPSA) is 101 Å². The molecule has 0 fully saturated rings. The van der Waals surface area contributed by atoms with Gasteiger partial charge in [-0.3, -0.25) is 14.4 Å². The number of carbonyl (C=O) groups excluding carboxylic acids is 1. The molecule has 1 unspecified atom stereocenters. The average Bonchev–Trinajstić information content (AvgIpc) is 3.24. The number of hydrogen-bond donors (Lipinski definition) is 1. The highest BCUT2D eigenvalue weighted by atomic mass is 35.5. The molecule has 2 heterocycles. The largest absolute Gasteiger partial charge is 0.476 e. The summed E-state index contributed by atoms with van der Waals surface area (Å²) >= 11 is 8.97. The van der Waals surface area contributed by atoms with Gasteiger partial charge in [0.1, 0.15) is 5.75 Å². The van der Waals surface area contributed by atoms with Crippen LogP contribution in [0.2, 0.25) is 5.02 Å². The molecule has 3 aromatic rings. The van der Waals surface area contributed by atoms with Gasteiger partial charge in [-0.25, -0.2) is 8.42 Å². The van der Waals surface area contributed by atoms with E-state index in [2.05, 4.69) is 29.4 Å². The summed E-state index contributed by atoms with van der Waals surface area (Å²) in [5.41, 5.74) is 1.21. The van der Waals surface area contributed by atoms with Crippen LogP contribution >= 0.6 is 34.7 Å². The molecule has 2 aromatic carbocycles. The van der Waals surface area contributed by atoms with Crippen LogP contribution in [0.5, 0.6) is 5.75 Å². The zero-order valence-corrected chi connectivity index (χ0v) is 21.9. The minimum absolute atomic E-state index is 0.112. The summed E-state index contributed by atoms with van der Waals surface area (Å²) in [5.74, 6) is 1.12. The van der Waals surface area contributed by atoms with Gasteiger partial charge in [0.15, 0.2) is 10.4 Å². The highest BCUT2D eigenvalue weighted by molar-refractivity contribution is 8.01. The summed E-state index contributed by atoms with van der Waals surface area (Å²) in [5, 5.41) is 11.5. The number of ether oxygens (including phenoxy) is 1. The Morgan fingerprint density at radius 2 is 2.00 bits per heavy atom. The smallest absolute Gasteiger partial charge is 0.269 e. The predicted molar refractivity (Wildman–Crippen MR) is 136 cm³/mol. The Hall–Kier alpha value is -2.34. The normalized spacial score (nSPS) is 15.7. The van der Waals surface area contributed by atoms with E-state index in [0.29, 0.717) is 16.1 Å². The standard InChI is InChI=1S/C22H23ClN4O4S3/c1-13(2)12-32-22-26-25-21(33-22)24-20(28)19-11-27(17-10-15(23)6-9-18(17)31-19)34(29,30)16-7-4-14(3)5-8-16/h4-10,13,19H,11-12H2,1-3H3,(H,24,25,28). The van der Waals surface area contributed by atoms with Crippen molar-refractivity contribution in [2.45, 2.75) is 36.1 Å². The third kappa shape index (κ3) is 5.48. The first-order valence-corrected chi connectivity index (χ1v) is 14.1. The van der Waals surface area contributed by atoms with E-state index < -0.39 is 22.0 Å². The van der Waals surface area contributed by atoms with E-state index in [1.807, 2.05) is 6.92 Å². The van der Waals surface area contributed by atoms with Crippen molar-refractivity contribution < 1.29 is 17.9 Å². The fraction of sp³-hybridized carbons (Fsp3) is 0.318. The van der Waals surface area contributed by atoms with E-state index in [0.717, 1.165) is 20.0 Å². The number of halogens is 1. The second-order valence-corrected chi connectivity index (χ2v) is 12.7. The molecular formula is C22H23ClN4O4S3. The number of amides is 1. The van der Waals surface area contributed by atoms with Crippen LogP contribution in [0.3, 0.4) is 0 Å². The third-order valence-corrected chi connectivity index (χ3v) is 9.30. The van der Waals surface area contributed by atoms with Crippen molar-refractivity contribution in [1.82, 2.24) is 10.2 Å². The molecular weight excluding hydrogens is 516 g/mol. The Bertz CT molecular complexity index is 1300. The quantitative estimate of drug-likeness (QED) is 0.339. The minimum Gasteiger partial charge on any atom is -0.476 e. The number of thioether (sulfide) groups is 1. The molecule has 1 amide bonds. The molecule has 0 aliphatic carbocycles. The number of anilines is 2. The molecule has 0 bridgehead atoms. The number of benzene rings is 2. The number of nitrogens with zero attached hydrogens (tertiary/aromatic N) is 3. The van der Waals surface area contributed by atoms with E-state index in [4.69, 9.17) is 16.3 Å². The summed E-state index contributed by atoms with van der Waals surface area (Å²) in [6.45, 7) is 5.88. The maximum absolute atomic E-state index is 13.5. The fourth-order valence-electron chi connectivity index (χ4n) is 3.17.